The zero-order chi connectivity index (χ0) is 14.2. The number of rotatable bonds is 8. The van der Waals surface area contributed by atoms with E-state index in [-0.39, 0.29) is 6.04 Å². The van der Waals surface area contributed by atoms with E-state index in [1.165, 1.54) is 5.56 Å². The van der Waals surface area contributed by atoms with Gasteiger partial charge < -0.3 is 4.57 Å². The molecule has 4 nitrogen and oxygen atoms in total. The van der Waals surface area contributed by atoms with E-state index in [2.05, 4.69) is 52.2 Å². The molecule has 0 spiro atoms. The fraction of sp³-hybridized carbons (Fsp3) is 0.438. The largest absolute Gasteiger partial charge is 0.334 e. The molecule has 0 aliphatic rings. The number of nitrogens with one attached hydrogen (secondary N) is 1. The van der Waals surface area contributed by atoms with Gasteiger partial charge in [-0.05, 0) is 31.2 Å². The molecule has 0 bridgehead atoms. The van der Waals surface area contributed by atoms with E-state index in [9.17, 15) is 0 Å². The number of nitrogens with zero attached hydrogens (tertiary/aromatic N) is 2. The summed E-state index contributed by atoms with van der Waals surface area (Å²) in [6, 6.07) is 10.7. The van der Waals surface area contributed by atoms with Gasteiger partial charge in [-0.25, -0.2) is 10.4 Å². The van der Waals surface area contributed by atoms with Gasteiger partial charge in [0.1, 0.15) is 5.82 Å². The minimum absolute atomic E-state index is 0.125. The number of hydrogen-bond donors (Lipinski definition) is 2. The van der Waals surface area contributed by atoms with E-state index >= 15 is 0 Å². The Morgan fingerprint density at radius 3 is 2.80 bits per heavy atom. The molecule has 0 aliphatic carbocycles. The van der Waals surface area contributed by atoms with E-state index in [0.717, 1.165) is 38.1 Å². The molecule has 1 aromatic carbocycles. The number of aryl methyl sites for hydroxylation is 2. The highest BCUT2D eigenvalue weighted by atomic mass is 15.3. The molecule has 2 aromatic rings. The summed E-state index contributed by atoms with van der Waals surface area (Å²) in [6.07, 6.45) is 8.15. The SMILES string of the molecule is CCCn1ccnc1C(CCCc1ccccc1)NN. The van der Waals surface area contributed by atoms with Crippen molar-refractivity contribution < 1.29 is 0 Å². The van der Waals surface area contributed by atoms with Gasteiger partial charge in [0.25, 0.3) is 0 Å². The molecule has 4 heteroatoms. The molecule has 0 fully saturated rings. The number of aromatic nitrogens is 2. The summed E-state index contributed by atoms with van der Waals surface area (Å²) >= 11 is 0. The van der Waals surface area contributed by atoms with Crippen LogP contribution in [0.15, 0.2) is 42.7 Å². The summed E-state index contributed by atoms with van der Waals surface area (Å²) in [7, 11) is 0. The van der Waals surface area contributed by atoms with Crippen LogP contribution in [0.1, 0.15) is 43.6 Å². The second-order valence-corrected chi connectivity index (χ2v) is 5.08. The molecule has 1 aromatic heterocycles. The van der Waals surface area contributed by atoms with E-state index in [4.69, 9.17) is 5.84 Å². The normalized spacial score (nSPS) is 12.5. The zero-order valence-corrected chi connectivity index (χ0v) is 12.1. The van der Waals surface area contributed by atoms with Crippen LogP contribution in [0, 0.1) is 0 Å². The fourth-order valence-corrected chi connectivity index (χ4v) is 2.50. The van der Waals surface area contributed by atoms with Gasteiger partial charge in [0.05, 0.1) is 6.04 Å². The first-order valence-electron chi connectivity index (χ1n) is 7.36. The third-order valence-corrected chi connectivity index (χ3v) is 3.53. The summed E-state index contributed by atoms with van der Waals surface area (Å²) < 4.78 is 2.19. The molecule has 0 saturated heterocycles. The highest BCUT2D eigenvalue weighted by Crippen LogP contribution is 2.18. The van der Waals surface area contributed by atoms with Crippen LogP contribution in [0.4, 0.5) is 0 Å². The van der Waals surface area contributed by atoms with Gasteiger partial charge in [0.2, 0.25) is 0 Å². The van der Waals surface area contributed by atoms with Gasteiger partial charge in [-0.1, -0.05) is 37.3 Å². The first-order chi connectivity index (χ1) is 9.85. The lowest BCUT2D eigenvalue weighted by Crippen LogP contribution is -2.30. The van der Waals surface area contributed by atoms with E-state index in [1.54, 1.807) is 0 Å². The van der Waals surface area contributed by atoms with E-state index < -0.39 is 0 Å². The van der Waals surface area contributed by atoms with Gasteiger partial charge in [-0.3, -0.25) is 5.84 Å². The predicted octanol–water partition coefficient (Wildman–Crippen LogP) is 2.82. The Hall–Kier alpha value is -1.65. The summed E-state index contributed by atoms with van der Waals surface area (Å²) in [6.45, 7) is 3.16. The Balaban J connectivity index is 1.90. The quantitative estimate of drug-likeness (QED) is 0.574. The van der Waals surface area contributed by atoms with Gasteiger partial charge in [-0.2, -0.15) is 0 Å². The summed E-state index contributed by atoms with van der Waals surface area (Å²) in [5, 5.41) is 0. The minimum atomic E-state index is 0.125. The summed E-state index contributed by atoms with van der Waals surface area (Å²) in [5.74, 6) is 6.75. The molecule has 108 valence electrons. The van der Waals surface area contributed by atoms with Crippen molar-refractivity contribution in [3.8, 4) is 0 Å². The smallest absolute Gasteiger partial charge is 0.127 e. The molecule has 0 radical (unpaired) electrons. The van der Waals surface area contributed by atoms with Gasteiger partial charge >= 0.3 is 0 Å². The zero-order valence-electron chi connectivity index (χ0n) is 12.1. The van der Waals surface area contributed by atoms with Crippen molar-refractivity contribution in [3.63, 3.8) is 0 Å². The lowest BCUT2D eigenvalue weighted by atomic mass is 10.0. The highest BCUT2D eigenvalue weighted by molar-refractivity contribution is 5.14. The van der Waals surface area contributed by atoms with Gasteiger partial charge in [0, 0.05) is 18.9 Å². The van der Waals surface area contributed by atoms with Crippen LogP contribution in [0.5, 0.6) is 0 Å². The monoisotopic (exact) mass is 272 g/mol. The molecule has 20 heavy (non-hydrogen) atoms. The molecular weight excluding hydrogens is 248 g/mol. The van der Waals surface area contributed by atoms with Crippen LogP contribution in [0.2, 0.25) is 0 Å². The Bertz CT molecular complexity index is 492. The molecule has 0 amide bonds. The van der Waals surface area contributed by atoms with Crippen molar-refractivity contribution in [3.05, 3.63) is 54.1 Å². The number of nitrogens with two attached hydrogens (primary N) is 1. The van der Waals surface area contributed by atoms with Crippen LogP contribution in [-0.4, -0.2) is 9.55 Å². The molecule has 1 heterocycles. The van der Waals surface area contributed by atoms with E-state index in [1.807, 2.05) is 12.4 Å². The summed E-state index contributed by atoms with van der Waals surface area (Å²) in [5.41, 5.74) is 4.28. The Morgan fingerprint density at radius 2 is 2.10 bits per heavy atom. The van der Waals surface area contributed by atoms with Crippen molar-refractivity contribution in [2.45, 2.75) is 45.2 Å². The molecule has 1 atom stereocenters. The van der Waals surface area contributed by atoms with Crippen LogP contribution in [-0.2, 0) is 13.0 Å². The third kappa shape index (κ3) is 3.92. The first-order valence-corrected chi connectivity index (χ1v) is 7.36. The molecule has 0 aliphatic heterocycles. The maximum Gasteiger partial charge on any atom is 0.127 e. The maximum atomic E-state index is 5.71. The summed E-state index contributed by atoms with van der Waals surface area (Å²) in [4.78, 5) is 4.45. The standard InChI is InChI=1S/C16H24N4/c1-2-12-20-13-11-18-16(20)15(19-17)10-6-9-14-7-4-3-5-8-14/h3-5,7-8,11,13,15,19H,2,6,9-10,12,17H2,1H3. The Morgan fingerprint density at radius 1 is 1.30 bits per heavy atom. The molecule has 0 saturated carbocycles. The van der Waals surface area contributed by atoms with Crippen LogP contribution in [0.25, 0.3) is 0 Å². The lowest BCUT2D eigenvalue weighted by Gasteiger charge is -2.17. The maximum absolute atomic E-state index is 5.71. The van der Waals surface area contributed by atoms with Crippen molar-refractivity contribution in [2.24, 2.45) is 5.84 Å². The second-order valence-electron chi connectivity index (χ2n) is 5.08. The molecule has 3 N–H and O–H groups in total. The lowest BCUT2D eigenvalue weighted by molar-refractivity contribution is 0.451. The molecular formula is C16H24N4. The average Bonchev–Trinajstić information content (AvgIpc) is 2.93. The number of hydrogen-bond acceptors (Lipinski definition) is 3. The first kappa shape index (κ1) is 14.8. The van der Waals surface area contributed by atoms with Crippen molar-refractivity contribution in [2.75, 3.05) is 0 Å². The average molecular weight is 272 g/mol. The number of benzene rings is 1. The number of hydrazine groups is 1. The predicted molar refractivity (Wildman–Crippen MR) is 82.0 cm³/mol. The van der Waals surface area contributed by atoms with Crippen molar-refractivity contribution in [1.82, 2.24) is 15.0 Å². The van der Waals surface area contributed by atoms with Gasteiger partial charge in [-0.15, -0.1) is 0 Å². The second kappa shape index (κ2) is 7.82. The highest BCUT2D eigenvalue weighted by Gasteiger charge is 2.14. The van der Waals surface area contributed by atoms with Crippen LogP contribution < -0.4 is 11.3 Å². The minimum Gasteiger partial charge on any atom is -0.334 e. The van der Waals surface area contributed by atoms with Crippen molar-refractivity contribution >= 4 is 0 Å². The third-order valence-electron chi connectivity index (χ3n) is 3.53. The van der Waals surface area contributed by atoms with Crippen LogP contribution in [0.3, 0.4) is 0 Å². The molecule has 1 unspecified atom stereocenters. The van der Waals surface area contributed by atoms with E-state index in [0.29, 0.717) is 0 Å². The molecule has 2 rings (SSSR count). The van der Waals surface area contributed by atoms with Crippen molar-refractivity contribution in [1.29, 1.82) is 0 Å². The fourth-order valence-electron chi connectivity index (χ4n) is 2.50. The van der Waals surface area contributed by atoms with Gasteiger partial charge in [0.15, 0.2) is 0 Å². The number of imidazole rings is 1. The van der Waals surface area contributed by atoms with Crippen LogP contribution >= 0.6 is 0 Å². The Labute approximate surface area is 121 Å². The topological polar surface area (TPSA) is 55.9 Å². The Kier molecular flexibility index (Phi) is 5.77.